The van der Waals surface area contributed by atoms with Crippen molar-refractivity contribution in [1.82, 2.24) is 10.1 Å². The molecule has 2 aromatic heterocycles. The number of nitrogen functional groups attached to an aromatic ring is 1. The van der Waals surface area contributed by atoms with Crippen molar-refractivity contribution in [3.8, 4) is 0 Å². The molecule has 0 saturated heterocycles. The molecule has 0 bridgehead atoms. The van der Waals surface area contributed by atoms with Crippen molar-refractivity contribution in [2.24, 2.45) is 0 Å². The Morgan fingerprint density at radius 3 is 2.95 bits per heavy atom. The van der Waals surface area contributed by atoms with E-state index in [-0.39, 0.29) is 5.69 Å². The van der Waals surface area contributed by atoms with Crippen LogP contribution in [-0.4, -0.2) is 16.0 Å². The maximum atomic E-state index is 11.9. The molecule has 2 heterocycles. The fraction of sp³-hybridized carbons (Fsp3) is 0. The van der Waals surface area contributed by atoms with E-state index in [0.29, 0.717) is 27.3 Å². The van der Waals surface area contributed by atoms with Gasteiger partial charge in [0.2, 0.25) is 0 Å². The first-order valence-corrected chi connectivity index (χ1v) is 6.08. The summed E-state index contributed by atoms with van der Waals surface area (Å²) in [5, 5.41) is 7.48. The lowest BCUT2D eigenvalue weighted by atomic mass is 10.1. The molecule has 1 aromatic carbocycles. The summed E-state index contributed by atoms with van der Waals surface area (Å²) in [4.78, 5) is 16.1. The van der Waals surface area contributed by atoms with Crippen LogP contribution in [-0.2, 0) is 0 Å². The van der Waals surface area contributed by atoms with Crippen LogP contribution >= 0.6 is 11.6 Å². The van der Waals surface area contributed by atoms with E-state index >= 15 is 0 Å². The maximum Gasteiger partial charge on any atom is 0.277 e. The number of aromatic nitrogens is 2. The Balaban J connectivity index is 1.98. The summed E-state index contributed by atoms with van der Waals surface area (Å²) < 4.78 is 4.61. The van der Waals surface area contributed by atoms with Gasteiger partial charge in [0.15, 0.2) is 5.69 Å². The third kappa shape index (κ3) is 2.17. The van der Waals surface area contributed by atoms with Gasteiger partial charge in [-0.05, 0) is 18.2 Å². The molecule has 0 aliphatic carbocycles. The van der Waals surface area contributed by atoms with Crippen LogP contribution in [0.1, 0.15) is 10.5 Å². The van der Waals surface area contributed by atoms with E-state index < -0.39 is 5.91 Å². The minimum atomic E-state index is -0.416. The van der Waals surface area contributed by atoms with Gasteiger partial charge in [-0.2, -0.15) is 0 Å². The van der Waals surface area contributed by atoms with Crippen LogP contribution in [0.4, 0.5) is 11.4 Å². The standard InChI is InChI=1S/C13H9ClN4O2/c14-7-1-2-8-10(5-7)16-6-11(12(8)15)17-13(19)9-3-4-20-18-9/h1-6H,(H2,15,16)(H,17,19). The van der Waals surface area contributed by atoms with Crippen LogP contribution in [0.2, 0.25) is 5.02 Å². The van der Waals surface area contributed by atoms with Gasteiger partial charge >= 0.3 is 0 Å². The first kappa shape index (κ1) is 12.4. The lowest BCUT2D eigenvalue weighted by molar-refractivity contribution is 0.101. The summed E-state index contributed by atoms with van der Waals surface area (Å²) in [6.07, 6.45) is 2.80. The number of benzene rings is 1. The van der Waals surface area contributed by atoms with E-state index in [4.69, 9.17) is 17.3 Å². The first-order chi connectivity index (χ1) is 9.65. The van der Waals surface area contributed by atoms with Crippen LogP contribution in [0.5, 0.6) is 0 Å². The molecule has 100 valence electrons. The number of pyridine rings is 1. The molecule has 0 radical (unpaired) electrons. The minimum absolute atomic E-state index is 0.167. The molecule has 0 spiro atoms. The Morgan fingerprint density at radius 2 is 2.20 bits per heavy atom. The van der Waals surface area contributed by atoms with Gasteiger partial charge in [0, 0.05) is 16.5 Å². The Labute approximate surface area is 118 Å². The van der Waals surface area contributed by atoms with Crippen molar-refractivity contribution < 1.29 is 9.32 Å². The van der Waals surface area contributed by atoms with Crippen molar-refractivity contribution in [3.05, 3.63) is 47.4 Å². The highest BCUT2D eigenvalue weighted by molar-refractivity contribution is 6.31. The lowest BCUT2D eigenvalue weighted by Crippen LogP contribution is -2.13. The van der Waals surface area contributed by atoms with Crippen LogP contribution < -0.4 is 11.1 Å². The summed E-state index contributed by atoms with van der Waals surface area (Å²) >= 11 is 5.89. The number of carbonyl (C=O) groups excluding carboxylic acids is 1. The second-order valence-electron chi connectivity index (χ2n) is 4.09. The number of rotatable bonds is 2. The largest absolute Gasteiger partial charge is 0.396 e. The Bertz CT molecular complexity index is 786. The first-order valence-electron chi connectivity index (χ1n) is 5.70. The van der Waals surface area contributed by atoms with Crippen LogP contribution in [0.3, 0.4) is 0 Å². The Morgan fingerprint density at radius 1 is 1.35 bits per heavy atom. The zero-order valence-corrected chi connectivity index (χ0v) is 10.9. The number of carbonyl (C=O) groups is 1. The number of amides is 1. The highest BCUT2D eigenvalue weighted by Crippen LogP contribution is 2.28. The van der Waals surface area contributed by atoms with E-state index in [1.54, 1.807) is 18.2 Å². The molecule has 3 aromatic rings. The molecule has 6 nitrogen and oxygen atoms in total. The molecular formula is C13H9ClN4O2. The number of fused-ring (bicyclic) bond motifs is 1. The molecule has 0 fully saturated rings. The second kappa shape index (κ2) is 4.82. The second-order valence-corrected chi connectivity index (χ2v) is 4.52. The van der Waals surface area contributed by atoms with E-state index in [0.717, 1.165) is 0 Å². The third-order valence-corrected chi connectivity index (χ3v) is 3.03. The average molecular weight is 289 g/mol. The summed E-state index contributed by atoms with van der Waals surface area (Å²) in [5.41, 5.74) is 7.69. The van der Waals surface area contributed by atoms with Crippen LogP contribution in [0.25, 0.3) is 10.9 Å². The number of nitrogens with zero attached hydrogens (tertiary/aromatic N) is 2. The number of anilines is 2. The molecular weight excluding hydrogens is 280 g/mol. The quantitative estimate of drug-likeness (QED) is 0.756. The maximum absolute atomic E-state index is 11.9. The summed E-state index contributed by atoms with van der Waals surface area (Å²) in [6, 6.07) is 6.63. The van der Waals surface area contributed by atoms with Crippen molar-refractivity contribution >= 4 is 39.8 Å². The molecule has 20 heavy (non-hydrogen) atoms. The van der Waals surface area contributed by atoms with E-state index in [2.05, 4.69) is 20.0 Å². The molecule has 3 rings (SSSR count). The van der Waals surface area contributed by atoms with Gasteiger partial charge in [-0.3, -0.25) is 9.78 Å². The predicted molar refractivity (Wildman–Crippen MR) is 75.6 cm³/mol. The van der Waals surface area contributed by atoms with Gasteiger partial charge in [-0.1, -0.05) is 16.8 Å². The van der Waals surface area contributed by atoms with Gasteiger partial charge in [-0.15, -0.1) is 0 Å². The topological polar surface area (TPSA) is 94.0 Å². The molecule has 0 aliphatic rings. The minimum Gasteiger partial charge on any atom is -0.396 e. The van der Waals surface area contributed by atoms with Crippen molar-refractivity contribution in [1.29, 1.82) is 0 Å². The fourth-order valence-electron chi connectivity index (χ4n) is 1.80. The molecule has 0 aliphatic heterocycles. The zero-order chi connectivity index (χ0) is 14.1. The molecule has 0 saturated carbocycles. The number of hydrogen-bond acceptors (Lipinski definition) is 5. The van der Waals surface area contributed by atoms with Crippen molar-refractivity contribution in [2.75, 3.05) is 11.1 Å². The van der Waals surface area contributed by atoms with Crippen molar-refractivity contribution in [3.63, 3.8) is 0 Å². The highest BCUT2D eigenvalue weighted by atomic mass is 35.5. The third-order valence-electron chi connectivity index (χ3n) is 2.79. The van der Waals surface area contributed by atoms with Crippen LogP contribution in [0.15, 0.2) is 41.2 Å². The SMILES string of the molecule is Nc1c(NC(=O)c2ccon2)cnc2cc(Cl)ccc12. The van der Waals surface area contributed by atoms with E-state index in [9.17, 15) is 4.79 Å². The van der Waals surface area contributed by atoms with Crippen LogP contribution in [0, 0.1) is 0 Å². The smallest absolute Gasteiger partial charge is 0.277 e. The molecule has 0 atom stereocenters. The van der Waals surface area contributed by atoms with Gasteiger partial charge in [0.05, 0.1) is 23.1 Å². The number of halogens is 1. The molecule has 3 N–H and O–H groups in total. The van der Waals surface area contributed by atoms with Gasteiger partial charge in [0.25, 0.3) is 5.91 Å². The van der Waals surface area contributed by atoms with Gasteiger partial charge in [0.1, 0.15) is 6.26 Å². The molecule has 7 heteroatoms. The van der Waals surface area contributed by atoms with Crippen molar-refractivity contribution in [2.45, 2.75) is 0 Å². The number of nitrogens with one attached hydrogen (secondary N) is 1. The monoisotopic (exact) mass is 288 g/mol. The van der Waals surface area contributed by atoms with Gasteiger partial charge < -0.3 is 15.6 Å². The predicted octanol–water partition coefficient (Wildman–Crippen LogP) is 2.71. The number of nitrogens with two attached hydrogens (primary N) is 1. The fourth-order valence-corrected chi connectivity index (χ4v) is 1.97. The summed E-state index contributed by atoms with van der Waals surface area (Å²) in [6.45, 7) is 0. The lowest BCUT2D eigenvalue weighted by Gasteiger charge is -2.09. The number of hydrogen-bond donors (Lipinski definition) is 2. The molecule has 1 amide bonds. The average Bonchev–Trinajstić information content (AvgIpc) is 2.96. The van der Waals surface area contributed by atoms with E-state index in [1.807, 2.05) is 0 Å². The summed E-state index contributed by atoms with van der Waals surface area (Å²) in [7, 11) is 0. The normalized spacial score (nSPS) is 10.7. The van der Waals surface area contributed by atoms with E-state index in [1.165, 1.54) is 18.5 Å². The van der Waals surface area contributed by atoms with Gasteiger partial charge in [-0.25, -0.2) is 0 Å². The Hall–Kier alpha value is -2.60. The zero-order valence-electron chi connectivity index (χ0n) is 10.1. The summed E-state index contributed by atoms with van der Waals surface area (Å²) in [5.74, 6) is -0.416. The molecule has 0 unspecified atom stereocenters. The highest BCUT2D eigenvalue weighted by Gasteiger charge is 2.13. The Kier molecular flexibility index (Phi) is 3.00.